The van der Waals surface area contributed by atoms with Crippen molar-refractivity contribution in [3.05, 3.63) is 22.8 Å². The maximum Gasteiger partial charge on any atom is 0.419 e. The molecule has 1 aromatic rings. The molecule has 0 spiro atoms. The maximum absolute atomic E-state index is 13.7. The molecule has 2 fully saturated rings. The first-order valence-corrected chi connectivity index (χ1v) is 13.7. The molecule has 0 bridgehead atoms. The van der Waals surface area contributed by atoms with Crippen molar-refractivity contribution in [2.45, 2.75) is 77.8 Å². The second-order valence-electron chi connectivity index (χ2n) is 11.9. The molecule has 2 heterocycles. The molecule has 1 aliphatic carbocycles. The number of likely N-dealkylation sites (N-methyl/N-ethyl adjacent to an activating group) is 1. The van der Waals surface area contributed by atoms with E-state index < -0.39 is 17.4 Å². The summed E-state index contributed by atoms with van der Waals surface area (Å²) in [6.45, 7) is 6.35. The monoisotopic (exact) mass is 548 g/mol. The van der Waals surface area contributed by atoms with Gasteiger partial charge in [-0.2, -0.15) is 0 Å². The van der Waals surface area contributed by atoms with Gasteiger partial charge in [0, 0.05) is 31.1 Å². The molecule has 1 aliphatic heterocycles. The number of furan rings is 1. The van der Waals surface area contributed by atoms with Gasteiger partial charge in [-0.05, 0) is 36.7 Å². The van der Waals surface area contributed by atoms with Crippen LogP contribution in [-0.2, 0) is 14.4 Å². The van der Waals surface area contributed by atoms with E-state index in [0.717, 1.165) is 25.7 Å². The molecule has 12 nitrogen and oxygen atoms in total. The molecule has 39 heavy (non-hydrogen) atoms. The van der Waals surface area contributed by atoms with Crippen molar-refractivity contribution in [1.29, 1.82) is 0 Å². The fraction of sp³-hybridized carbons (Fsp3) is 0.704. The van der Waals surface area contributed by atoms with Crippen molar-refractivity contribution < 1.29 is 34.0 Å². The molecule has 3 rings (SSSR count). The van der Waals surface area contributed by atoms with E-state index in [-0.39, 0.29) is 48.4 Å². The summed E-state index contributed by atoms with van der Waals surface area (Å²) in [5.41, 5.74) is -0.592. The van der Waals surface area contributed by atoms with Crippen molar-refractivity contribution >= 4 is 30.0 Å². The molecule has 1 unspecified atom stereocenters. The average molecular weight is 549 g/mol. The van der Waals surface area contributed by atoms with Gasteiger partial charge in [-0.3, -0.25) is 24.4 Å². The number of hydrogen-bond acceptors (Lipinski definition) is 7. The summed E-state index contributed by atoms with van der Waals surface area (Å²) in [6.07, 6.45) is 6.17. The van der Waals surface area contributed by atoms with Crippen molar-refractivity contribution in [3.63, 3.8) is 0 Å². The molecule has 1 aromatic heterocycles. The van der Waals surface area contributed by atoms with E-state index in [2.05, 4.69) is 5.32 Å². The fourth-order valence-electron chi connectivity index (χ4n) is 5.59. The lowest BCUT2D eigenvalue weighted by Gasteiger charge is -2.40. The minimum atomic E-state index is -0.815. The van der Waals surface area contributed by atoms with Gasteiger partial charge < -0.3 is 19.5 Å². The van der Waals surface area contributed by atoms with Crippen molar-refractivity contribution in [1.82, 2.24) is 20.2 Å². The van der Waals surface area contributed by atoms with E-state index in [1.807, 2.05) is 20.8 Å². The van der Waals surface area contributed by atoms with Crippen LogP contribution in [0.25, 0.3) is 0 Å². The Kier molecular flexibility index (Phi) is 10.2. The highest BCUT2D eigenvalue weighted by Gasteiger charge is 2.39. The Morgan fingerprint density at radius 2 is 1.82 bits per heavy atom. The van der Waals surface area contributed by atoms with Gasteiger partial charge in [-0.25, -0.2) is 5.06 Å². The predicted octanol–water partition coefficient (Wildman–Crippen LogP) is 1.40. The van der Waals surface area contributed by atoms with Gasteiger partial charge in [0.1, 0.15) is 6.04 Å². The van der Waals surface area contributed by atoms with Gasteiger partial charge >= 0.3 is 5.88 Å². The van der Waals surface area contributed by atoms with E-state index in [0.29, 0.717) is 43.3 Å². The molecule has 0 aromatic carbocycles. The number of piperidine rings is 1. The SMILES string of the molecule is CN(C(=O)[C@@H](NC(=O)C(CC1CCCC1)CN(O)C=O)C(C)(C)C)C1CCN(C(=O)c2ccc([NH+]=O)o2)CC1. The predicted molar refractivity (Wildman–Crippen MR) is 140 cm³/mol. The number of amides is 4. The zero-order valence-electron chi connectivity index (χ0n) is 23.4. The molecule has 4 amide bonds. The number of nitrogens with zero attached hydrogens (tertiary/aromatic N) is 3. The van der Waals surface area contributed by atoms with Gasteiger partial charge in [0.05, 0.1) is 23.7 Å². The Balaban J connectivity index is 1.64. The van der Waals surface area contributed by atoms with E-state index in [4.69, 9.17) is 4.42 Å². The third kappa shape index (κ3) is 7.87. The summed E-state index contributed by atoms with van der Waals surface area (Å²) < 4.78 is 5.20. The quantitative estimate of drug-likeness (QED) is 0.214. The second kappa shape index (κ2) is 13.2. The first-order valence-electron chi connectivity index (χ1n) is 13.7. The third-order valence-electron chi connectivity index (χ3n) is 7.96. The molecule has 2 atom stereocenters. The van der Waals surface area contributed by atoms with Crippen molar-refractivity contribution in [3.8, 4) is 0 Å². The van der Waals surface area contributed by atoms with Gasteiger partial charge in [-0.1, -0.05) is 46.5 Å². The van der Waals surface area contributed by atoms with Gasteiger partial charge in [0.15, 0.2) is 5.76 Å². The summed E-state index contributed by atoms with van der Waals surface area (Å²) in [4.78, 5) is 64.9. The highest BCUT2D eigenvalue weighted by molar-refractivity contribution is 5.92. The summed E-state index contributed by atoms with van der Waals surface area (Å²) in [5, 5.41) is 14.9. The number of carbonyl (C=O) groups excluding carboxylic acids is 4. The van der Waals surface area contributed by atoms with Crippen LogP contribution in [0.2, 0.25) is 0 Å². The minimum Gasteiger partial charge on any atom is -0.396 e. The van der Waals surface area contributed by atoms with Crippen LogP contribution in [-0.4, -0.2) is 83.0 Å². The topological polar surface area (TPSA) is 154 Å². The largest absolute Gasteiger partial charge is 0.419 e. The Morgan fingerprint density at radius 3 is 2.36 bits per heavy atom. The van der Waals surface area contributed by atoms with Crippen LogP contribution in [0.3, 0.4) is 0 Å². The van der Waals surface area contributed by atoms with Crippen LogP contribution >= 0.6 is 0 Å². The van der Waals surface area contributed by atoms with Crippen molar-refractivity contribution in [2.24, 2.45) is 17.3 Å². The number of nitrogens with one attached hydrogen (secondary N) is 2. The van der Waals surface area contributed by atoms with Gasteiger partial charge in [-0.15, -0.1) is 0 Å². The Hall–Kier alpha value is -3.28. The van der Waals surface area contributed by atoms with E-state index in [9.17, 15) is 29.3 Å². The molecular weight excluding hydrogens is 506 g/mol. The summed E-state index contributed by atoms with van der Waals surface area (Å²) in [5.74, 6) is -1.12. The standard InChI is InChI=1S/C27H41N5O7/c1-27(2,3)23(28-24(34)19(16-32(38)17-33)15-18-7-5-6-8-18)26(36)30(4)20-11-13-31(14-12-20)25(35)21-9-10-22(29-37)39-21/h9-10,17-20,23,38H,5-8,11-16H2,1-4H3,(H,28,34)/p+1/t19?,23-/m1/s1. The fourth-order valence-corrected chi connectivity index (χ4v) is 5.59. The lowest BCUT2D eigenvalue weighted by atomic mass is 9.84. The molecule has 1 saturated heterocycles. The highest BCUT2D eigenvalue weighted by atomic mass is 16.5. The van der Waals surface area contributed by atoms with Crippen LogP contribution < -0.4 is 10.5 Å². The van der Waals surface area contributed by atoms with E-state index >= 15 is 0 Å². The Bertz CT molecular complexity index is 1020. The smallest absolute Gasteiger partial charge is 0.396 e. The first kappa shape index (κ1) is 30.3. The van der Waals surface area contributed by atoms with Crippen LogP contribution in [0.1, 0.15) is 76.3 Å². The lowest BCUT2D eigenvalue weighted by Crippen LogP contribution is -2.58. The number of hydrogen-bond donors (Lipinski definition) is 3. The highest BCUT2D eigenvalue weighted by Crippen LogP contribution is 2.31. The van der Waals surface area contributed by atoms with Crippen LogP contribution in [0, 0.1) is 22.2 Å². The normalized spacial score (nSPS) is 18.3. The lowest BCUT2D eigenvalue weighted by molar-refractivity contribution is -0.398. The number of rotatable bonds is 11. The molecular formula is C27H42N5O7+. The molecule has 0 radical (unpaired) electrons. The first-order chi connectivity index (χ1) is 18.4. The van der Waals surface area contributed by atoms with Crippen LogP contribution in [0.4, 0.5) is 5.88 Å². The summed E-state index contributed by atoms with van der Waals surface area (Å²) in [7, 11) is 1.71. The third-order valence-corrected chi connectivity index (χ3v) is 7.96. The van der Waals surface area contributed by atoms with E-state index in [1.54, 1.807) is 22.0 Å². The Labute approximate surface area is 229 Å². The van der Waals surface area contributed by atoms with Crippen LogP contribution in [0.5, 0.6) is 0 Å². The minimum absolute atomic E-state index is 0.0304. The molecule has 1 saturated carbocycles. The summed E-state index contributed by atoms with van der Waals surface area (Å²) >= 11 is 0. The van der Waals surface area contributed by atoms with Gasteiger partial charge in [0.25, 0.3) is 5.91 Å². The zero-order chi connectivity index (χ0) is 28.7. The Morgan fingerprint density at radius 1 is 1.18 bits per heavy atom. The number of nitroso groups, excluding NO2 is 1. The molecule has 3 N–H and O–H groups in total. The van der Waals surface area contributed by atoms with E-state index in [1.165, 1.54) is 12.1 Å². The summed E-state index contributed by atoms with van der Waals surface area (Å²) in [6, 6.07) is 1.91. The number of carbonyl (C=O) groups is 4. The molecule has 216 valence electrons. The maximum atomic E-state index is 13.7. The van der Waals surface area contributed by atoms with Crippen molar-refractivity contribution in [2.75, 3.05) is 26.7 Å². The number of likely N-dealkylation sites (tertiary alicyclic amines) is 1. The van der Waals surface area contributed by atoms with Gasteiger partial charge in [0.2, 0.25) is 18.2 Å². The van der Waals surface area contributed by atoms with Crippen LogP contribution in [0.15, 0.2) is 16.5 Å². The molecule has 2 aliphatic rings. The molecule has 12 heteroatoms. The number of hydroxylamine groups is 2. The second-order valence-corrected chi connectivity index (χ2v) is 11.9. The zero-order valence-corrected chi connectivity index (χ0v) is 23.4. The average Bonchev–Trinajstić information content (AvgIpc) is 3.61.